The highest BCUT2D eigenvalue weighted by molar-refractivity contribution is 5.69. The largest absolute Gasteiger partial charge is 0.493 e. The van der Waals surface area contributed by atoms with Crippen molar-refractivity contribution in [2.24, 2.45) is 5.92 Å². The summed E-state index contributed by atoms with van der Waals surface area (Å²) in [5.41, 5.74) is 1.24. The molecule has 1 N–H and O–H groups in total. The predicted molar refractivity (Wildman–Crippen MR) is 98.6 cm³/mol. The lowest BCUT2D eigenvalue weighted by atomic mass is 10.0. The Hall–Kier alpha value is -1.75. The Labute approximate surface area is 151 Å². The zero-order valence-electron chi connectivity index (χ0n) is 15.8. The van der Waals surface area contributed by atoms with Crippen LogP contribution in [0.2, 0.25) is 0 Å². The highest BCUT2D eigenvalue weighted by Crippen LogP contribution is 2.29. The molecule has 0 aliphatic rings. The first-order valence-corrected chi connectivity index (χ1v) is 9.10. The van der Waals surface area contributed by atoms with Crippen LogP contribution in [0.4, 0.5) is 0 Å². The third-order valence-electron chi connectivity index (χ3n) is 4.25. The number of benzene rings is 1. The van der Waals surface area contributed by atoms with Gasteiger partial charge >= 0.3 is 5.97 Å². The quantitative estimate of drug-likeness (QED) is 0.505. The van der Waals surface area contributed by atoms with Crippen molar-refractivity contribution in [1.82, 2.24) is 0 Å². The van der Waals surface area contributed by atoms with Gasteiger partial charge in [0.2, 0.25) is 0 Å². The summed E-state index contributed by atoms with van der Waals surface area (Å²) < 4.78 is 16.2. The summed E-state index contributed by atoms with van der Waals surface area (Å²) >= 11 is 0. The van der Waals surface area contributed by atoms with E-state index in [1.165, 1.54) is 5.56 Å². The summed E-state index contributed by atoms with van der Waals surface area (Å²) in [6.45, 7) is 3.06. The molecule has 0 amide bonds. The van der Waals surface area contributed by atoms with E-state index in [1.807, 2.05) is 6.07 Å². The average molecular weight is 352 g/mol. The van der Waals surface area contributed by atoms with Crippen LogP contribution in [-0.2, 0) is 16.0 Å². The van der Waals surface area contributed by atoms with Crippen LogP contribution in [0.3, 0.4) is 0 Å². The Balaban J connectivity index is 2.34. The first-order chi connectivity index (χ1) is 12.1. The van der Waals surface area contributed by atoms with Crippen molar-refractivity contribution >= 4 is 5.97 Å². The zero-order chi connectivity index (χ0) is 18.5. The Morgan fingerprint density at radius 1 is 1.04 bits per heavy atom. The topological polar surface area (TPSA) is 65.0 Å². The molecule has 0 unspecified atom stereocenters. The molecule has 1 rings (SSSR count). The standard InChI is InChI=1S/C20H32O5/c1-16(20(21)22)9-6-4-5-7-10-17-11-12-18(24-3)19(15-17)25-14-8-13-23-2/h11-12,15-16H,4-10,13-14H2,1-3H3,(H,21,22)/t16-/m1/s1. The van der Waals surface area contributed by atoms with Crippen molar-refractivity contribution in [1.29, 1.82) is 0 Å². The molecule has 1 aromatic rings. The number of hydrogen-bond acceptors (Lipinski definition) is 4. The summed E-state index contributed by atoms with van der Waals surface area (Å²) in [6, 6.07) is 6.08. The van der Waals surface area contributed by atoms with Crippen LogP contribution >= 0.6 is 0 Å². The van der Waals surface area contributed by atoms with Crippen molar-refractivity contribution in [3.05, 3.63) is 23.8 Å². The number of carboxylic acids is 1. The summed E-state index contributed by atoms with van der Waals surface area (Å²) in [7, 11) is 3.33. The summed E-state index contributed by atoms with van der Waals surface area (Å²) in [4.78, 5) is 10.8. The third-order valence-corrected chi connectivity index (χ3v) is 4.25. The molecule has 0 saturated heterocycles. The Bertz CT molecular complexity index is 501. The van der Waals surface area contributed by atoms with Gasteiger partial charge in [0.25, 0.3) is 0 Å². The van der Waals surface area contributed by atoms with Gasteiger partial charge in [0.15, 0.2) is 11.5 Å². The van der Waals surface area contributed by atoms with E-state index in [4.69, 9.17) is 19.3 Å². The van der Waals surface area contributed by atoms with Gasteiger partial charge in [0, 0.05) is 20.1 Å². The Morgan fingerprint density at radius 2 is 1.80 bits per heavy atom. The van der Waals surface area contributed by atoms with Crippen LogP contribution in [0.15, 0.2) is 18.2 Å². The molecule has 0 aliphatic heterocycles. The normalized spacial score (nSPS) is 12.0. The number of ether oxygens (including phenoxy) is 3. The van der Waals surface area contributed by atoms with Crippen LogP contribution in [0, 0.1) is 5.92 Å². The molecule has 5 heteroatoms. The van der Waals surface area contributed by atoms with Crippen LogP contribution in [0.1, 0.15) is 51.0 Å². The fourth-order valence-electron chi connectivity index (χ4n) is 2.63. The maximum atomic E-state index is 10.8. The molecule has 25 heavy (non-hydrogen) atoms. The second-order valence-corrected chi connectivity index (χ2v) is 6.37. The van der Waals surface area contributed by atoms with Gasteiger partial charge in [0.1, 0.15) is 0 Å². The van der Waals surface area contributed by atoms with Gasteiger partial charge in [-0.1, -0.05) is 32.3 Å². The van der Waals surface area contributed by atoms with Gasteiger partial charge in [0.05, 0.1) is 19.6 Å². The lowest BCUT2D eigenvalue weighted by Gasteiger charge is -2.12. The molecular weight excluding hydrogens is 320 g/mol. The van der Waals surface area contributed by atoms with Gasteiger partial charge in [-0.15, -0.1) is 0 Å². The highest BCUT2D eigenvalue weighted by Gasteiger charge is 2.09. The number of aryl methyl sites for hydroxylation is 1. The second kappa shape index (κ2) is 12.6. The van der Waals surface area contributed by atoms with Crippen LogP contribution in [0.5, 0.6) is 11.5 Å². The molecule has 0 fully saturated rings. The zero-order valence-corrected chi connectivity index (χ0v) is 15.8. The molecule has 0 aromatic heterocycles. The first kappa shape index (κ1) is 21.3. The lowest BCUT2D eigenvalue weighted by Crippen LogP contribution is -2.08. The maximum Gasteiger partial charge on any atom is 0.306 e. The Kier molecular flexibility index (Phi) is 10.7. The van der Waals surface area contributed by atoms with E-state index >= 15 is 0 Å². The maximum absolute atomic E-state index is 10.8. The minimum Gasteiger partial charge on any atom is -0.493 e. The number of carboxylic acid groups (broad SMARTS) is 1. The molecule has 0 bridgehead atoms. The molecule has 1 aromatic carbocycles. The highest BCUT2D eigenvalue weighted by atomic mass is 16.5. The van der Waals surface area contributed by atoms with E-state index in [2.05, 4.69) is 12.1 Å². The summed E-state index contributed by atoms with van der Waals surface area (Å²) in [5, 5.41) is 8.86. The minimum atomic E-state index is -0.698. The monoisotopic (exact) mass is 352 g/mol. The average Bonchev–Trinajstić information content (AvgIpc) is 2.61. The minimum absolute atomic E-state index is 0.237. The molecule has 0 spiro atoms. The van der Waals surface area contributed by atoms with Crippen LogP contribution in [0.25, 0.3) is 0 Å². The molecular formula is C20H32O5. The first-order valence-electron chi connectivity index (χ1n) is 9.10. The van der Waals surface area contributed by atoms with Crippen LogP contribution < -0.4 is 9.47 Å². The fraction of sp³-hybridized carbons (Fsp3) is 0.650. The Morgan fingerprint density at radius 3 is 2.48 bits per heavy atom. The molecule has 0 saturated carbocycles. The number of carbonyl (C=O) groups is 1. The van der Waals surface area contributed by atoms with Crippen molar-refractivity contribution in [3.8, 4) is 11.5 Å². The van der Waals surface area contributed by atoms with Crippen molar-refractivity contribution in [2.75, 3.05) is 27.4 Å². The van der Waals surface area contributed by atoms with E-state index < -0.39 is 5.97 Å². The smallest absolute Gasteiger partial charge is 0.306 e. The van der Waals surface area contributed by atoms with Crippen molar-refractivity contribution in [3.63, 3.8) is 0 Å². The van der Waals surface area contributed by atoms with E-state index in [0.717, 1.165) is 56.4 Å². The summed E-state index contributed by atoms with van der Waals surface area (Å²) in [6.07, 6.45) is 6.86. The van der Waals surface area contributed by atoms with Gasteiger partial charge in [-0.3, -0.25) is 4.79 Å². The number of aliphatic carboxylic acids is 1. The number of methoxy groups -OCH3 is 2. The van der Waals surface area contributed by atoms with Crippen molar-refractivity contribution < 1.29 is 24.1 Å². The van der Waals surface area contributed by atoms with E-state index in [0.29, 0.717) is 13.2 Å². The lowest BCUT2D eigenvalue weighted by molar-refractivity contribution is -0.141. The number of hydrogen-bond donors (Lipinski definition) is 1. The predicted octanol–water partition coefficient (Wildman–Crippen LogP) is 4.32. The number of unbranched alkanes of at least 4 members (excludes halogenated alkanes) is 3. The van der Waals surface area contributed by atoms with Gasteiger partial charge < -0.3 is 19.3 Å². The molecule has 0 heterocycles. The second-order valence-electron chi connectivity index (χ2n) is 6.37. The molecule has 142 valence electrons. The van der Waals surface area contributed by atoms with E-state index in [9.17, 15) is 4.79 Å². The van der Waals surface area contributed by atoms with Crippen LogP contribution in [-0.4, -0.2) is 38.5 Å². The molecule has 1 atom stereocenters. The molecule has 0 radical (unpaired) electrons. The fourth-order valence-corrected chi connectivity index (χ4v) is 2.63. The van der Waals surface area contributed by atoms with E-state index in [1.54, 1.807) is 21.1 Å². The van der Waals surface area contributed by atoms with Gasteiger partial charge in [-0.05, 0) is 37.0 Å². The third kappa shape index (κ3) is 8.77. The van der Waals surface area contributed by atoms with E-state index in [-0.39, 0.29) is 5.92 Å². The number of rotatable bonds is 14. The molecule has 5 nitrogen and oxygen atoms in total. The van der Waals surface area contributed by atoms with Crippen molar-refractivity contribution in [2.45, 2.75) is 51.9 Å². The van der Waals surface area contributed by atoms with Gasteiger partial charge in [-0.2, -0.15) is 0 Å². The van der Waals surface area contributed by atoms with Gasteiger partial charge in [-0.25, -0.2) is 0 Å². The summed E-state index contributed by atoms with van der Waals surface area (Å²) in [5.74, 6) is 0.603. The molecule has 0 aliphatic carbocycles. The SMILES string of the molecule is COCCCOc1cc(CCCCCC[C@@H](C)C(=O)O)ccc1OC.